The second-order valence-corrected chi connectivity index (χ2v) is 43.3. The molecule has 0 amide bonds. The van der Waals surface area contributed by atoms with Crippen molar-refractivity contribution in [3.05, 3.63) is 504 Å². The molecule has 0 saturated heterocycles. The molecule has 0 N–H and O–H groups in total. The first-order valence-corrected chi connectivity index (χ1v) is 54.6. The van der Waals surface area contributed by atoms with Crippen LogP contribution in [0.1, 0.15) is 0 Å². The van der Waals surface area contributed by atoms with Crippen LogP contribution in [0, 0.1) is 0 Å². The molecule has 22 aromatic carbocycles. The fourth-order valence-electron chi connectivity index (χ4n) is 20.7. The summed E-state index contributed by atoms with van der Waals surface area (Å²) < 4.78 is 15.0. The molecule has 29 aromatic rings. The Labute approximate surface area is 870 Å². The van der Waals surface area contributed by atoms with Gasteiger partial charge < -0.3 is 4.42 Å². The predicted molar refractivity (Wildman–Crippen MR) is 617 cm³/mol. The van der Waals surface area contributed by atoms with Gasteiger partial charge in [0.15, 0.2) is 0 Å². The zero-order valence-electron chi connectivity index (χ0n) is 79.6. The summed E-state index contributed by atoms with van der Waals surface area (Å²) in [5.74, 6) is 5.82. The van der Waals surface area contributed by atoms with Gasteiger partial charge in [0.25, 0.3) is 0 Å². The molecule has 0 radical (unpaired) electrons. The Morgan fingerprint density at radius 2 is 0.432 bits per heavy atom. The molecule has 0 bridgehead atoms. The molecular formula is C135H83N9OSe3. The summed E-state index contributed by atoms with van der Waals surface area (Å²) in [6.07, 6.45) is 0. The number of aromatic nitrogens is 9. The Hall–Kier alpha value is -18.0. The topological polar surface area (TPSA) is 129 Å². The van der Waals surface area contributed by atoms with Gasteiger partial charge in [0.2, 0.25) is 0 Å². The van der Waals surface area contributed by atoms with E-state index in [1.54, 1.807) is 0 Å². The minimum absolute atomic E-state index is 0.138. The van der Waals surface area contributed by atoms with Crippen LogP contribution in [0.3, 0.4) is 0 Å². The molecule has 0 aliphatic heterocycles. The number of furan rings is 1. The van der Waals surface area contributed by atoms with Crippen molar-refractivity contribution >= 4 is 156 Å². The molecule has 10 nitrogen and oxygen atoms in total. The van der Waals surface area contributed by atoms with Crippen molar-refractivity contribution in [2.75, 3.05) is 0 Å². The minimum atomic E-state index is 0.138. The van der Waals surface area contributed by atoms with Crippen LogP contribution in [-0.2, 0) is 0 Å². The van der Waals surface area contributed by atoms with Crippen molar-refractivity contribution in [3.8, 4) is 169 Å². The Kier molecular flexibility index (Phi) is 23.2. The van der Waals surface area contributed by atoms with Gasteiger partial charge in [-0.1, -0.05) is 121 Å². The van der Waals surface area contributed by atoms with Crippen LogP contribution in [0.5, 0.6) is 0 Å². The molecule has 0 atom stereocenters. The molecule has 0 saturated carbocycles. The fraction of sp³-hybridized carbons (Fsp3) is 0. The number of rotatable bonds is 15. The van der Waals surface area contributed by atoms with Gasteiger partial charge in [-0.2, -0.15) is 0 Å². The number of fused-ring (bicyclic) bond motifs is 15. The number of nitrogens with zero attached hydrogens (tertiary/aromatic N) is 9. The van der Waals surface area contributed by atoms with E-state index in [9.17, 15) is 0 Å². The molecule has 0 aliphatic carbocycles. The molecule has 0 aliphatic rings. The summed E-state index contributed by atoms with van der Waals surface area (Å²) in [7, 11) is 0. The summed E-state index contributed by atoms with van der Waals surface area (Å²) in [4.78, 5) is 45.7. The summed E-state index contributed by atoms with van der Waals surface area (Å²) in [5.41, 5.74) is 25.1. The van der Waals surface area contributed by atoms with Crippen molar-refractivity contribution < 1.29 is 4.42 Å². The van der Waals surface area contributed by atoms with Gasteiger partial charge in [-0.05, 0) is 34.4 Å². The maximum absolute atomic E-state index is 6.27. The zero-order valence-corrected chi connectivity index (χ0v) is 84.7. The van der Waals surface area contributed by atoms with Gasteiger partial charge in [0, 0.05) is 0 Å². The molecule has 13 heteroatoms. The van der Waals surface area contributed by atoms with E-state index >= 15 is 0 Å². The predicted octanol–water partition coefficient (Wildman–Crippen LogP) is 34.1. The van der Waals surface area contributed by atoms with Gasteiger partial charge in [0.1, 0.15) is 5.58 Å². The molecule has 0 unspecified atom stereocenters. The van der Waals surface area contributed by atoms with E-state index in [4.69, 9.17) is 49.3 Å². The number of hydrogen-bond acceptors (Lipinski definition) is 10. The van der Waals surface area contributed by atoms with Crippen LogP contribution in [0.4, 0.5) is 0 Å². The van der Waals surface area contributed by atoms with Gasteiger partial charge >= 0.3 is 712 Å². The second kappa shape index (κ2) is 38.6. The summed E-state index contributed by atoms with van der Waals surface area (Å²) in [5, 5.41) is 17.2. The molecule has 0 spiro atoms. The normalized spacial score (nSPS) is 11.5. The van der Waals surface area contributed by atoms with Crippen molar-refractivity contribution in [2.24, 2.45) is 0 Å². The first-order chi connectivity index (χ1) is 73.3. The van der Waals surface area contributed by atoms with Gasteiger partial charge in [-0.3, -0.25) is 0 Å². The standard InChI is InChI=1S/C49H29N3OSe.2C43H27N3Se/c1-3-14-30(15-4-1)32-19-9-24-37-38-25-12-23-36(46(38)54-45(32)37)34-21-10-22-35-33(34)20-11-26-39(35)48-50-47(31-16-5-2-6-17-31)51-49(52-48)41-27-13-29-43-44(41)40-18-7-8-28-42(40)53-43;1-3-12-28(13-4-1)30-16-9-18-32(26-30)42-44-41(29-14-5-2-6-15-29)45-43(46-42)33-24-25-34-31(27-33)17-10-20-35(34)37-21-11-22-38-36-19-7-8-23-39(36)47-40(37)38;1-3-11-28(12-4-1)29-21-24-32(25-22-29)42-44-41(31-13-5-2-6-14-31)45-43(46-42)33-26-23-30-15-9-17-34(38(30)27-33)36-18-10-19-37-35-16-7-8-20-39(35)47-40(36)37/h1-29H;2*1-27H. The number of hydrogen-bond donors (Lipinski definition) is 0. The van der Waals surface area contributed by atoms with Crippen LogP contribution in [0.25, 0.3) is 281 Å². The van der Waals surface area contributed by atoms with Crippen LogP contribution in [-0.4, -0.2) is 88.4 Å². The fourth-order valence-corrected chi connectivity index (χ4v) is 28.8. The van der Waals surface area contributed by atoms with Gasteiger partial charge in [0.05, 0.1) is 0 Å². The Bertz CT molecular complexity index is 10200. The van der Waals surface area contributed by atoms with E-state index in [1.165, 1.54) is 129 Å². The number of para-hydroxylation sites is 1. The van der Waals surface area contributed by atoms with E-state index in [-0.39, 0.29) is 43.5 Å². The molecule has 148 heavy (non-hydrogen) atoms. The average molecular weight is 2080 g/mol. The summed E-state index contributed by atoms with van der Waals surface area (Å²) >= 11 is 0.670. The summed E-state index contributed by atoms with van der Waals surface area (Å²) in [6.45, 7) is 0. The molecule has 29 rings (SSSR count). The Morgan fingerprint density at radius 3 is 0.980 bits per heavy atom. The maximum atomic E-state index is 6.27. The second-order valence-electron chi connectivity index (χ2n) is 36.8. The third-order valence-electron chi connectivity index (χ3n) is 27.9. The quantitative estimate of drug-likeness (QED) is 0.0915. The third kappa shape index (κ3) is 16.8. The zero-order chi connectivity index (χ0) is 97.9. The van der Waals surface area contributed by atoms with Crippen LogP contribution >= 0.6 is 0 Å². The van der Waals surface area contributed by atoms with Crippen molar-refractivity contribution in [3.63, 3.8) is 0 Å². The van der Waals surface area contributed by atoms with Crippen LogP contribution in [0.15, 0.2) is 508 Å². The molecule has 692 valence electrons. The van der Waals surface area contributed by atoms with E-state index in [2.05, 4.69) is 394 Å². The average Bonchev–Trinajstić information content (AvgIpc) is 1.53. The van der Waals surface area contributed by atoms with E-state index in [0.717, 1.165) is 99.5 Å². The van der Waals surface area contributed by atoms with E-state index < -0.39 is 0 Å². The van der Waals surface area contributed by atoms with Gasteiger partial charge in [-0.25, -0.2) is 0 Å². The van der Waals surface area contributed by atoms with Crippen molar-refractivity contribution in [2.45, 2.75) is 0 Å². The first kappa shape index (κ1) is 88.9. The van der Waals surface area contributed by atoms with E-state index in [1.807, 2.05) is 109 Å². The van der Waals surface area contributed by atoms with E-state index in [0.29, 0.717) is 52.4 Å². The summed E-state index contributed by atoms with van der Waals surface area (Å²) in [6, 6.07) is 177. The number of benzene rings is 22. The molecule has 7 aromatic heterocycles. The SMILES string of the molecule is c1ccc(-c2ccc(-c3nc(-c4ccccc4)nc(-c4ccc5cccc(-c6cccc7c6[se]c6ccccc67)c5c4)n3)cc2)cc1.c1ccc(-c2cccc(-c3nc(-c4ccccc4)nc(-c4ccc5c(-c6cccc7c6[se]c6ccccc67)cccc5c4)n3)c2)cc1.c1ccc(-c2nc(-c3cccc4c(-c5cccc6c5[se]c5c(-c7ccccc7)cccc56)cccc34)nc(-c3cccc4oc5ccccc5c34)n2)cc1. The molecule has 0 fully saturated rings. The van der Waals surface area contributed by atoms with Crippen molar-refractivity contribution in [1.29, 1.82) is 0 Å². The third-order valence-corrected chi connectivity index (χ3v) is 35.7. The van der Waals surface area contributed by atoms with Crippen molar-refractivity contribution in [1.82, 2.24) is 44.9 Å². The van der Waals surface area contributed by atoms with Crippen LogP contribution < -0.4 is 0 Å². The molecule has 7 heterocycles. The first-order valence-electron chi connectivity index (χ1n) is 49.4. The van der Waals surface area contributed by atoms with Crippen LogP contribution in [0.2, 0.25) is 0 Å². The monoisotopic (exact) mass is 2090 g/mol. The Balaban J connectivity index is 0.000000110. The molecular weight excluding hydrogens is 2000 g/mol. The van der Waals surface area contributed by atoms with Gasteiger partial charge in [-0.15, -0.1) is 0 Å². The Morgan fingerprint density at radius 1 is 0.135 bits per heavy atom.